The number of ether oxygens (including phenoxy) is 2. The van der Waals surface area contributed by atoms with Crippen LogP contribution in [0.15, 0.2) is 12.5 Å². The first-order valence-corrected chi connectivity index (χ1v) is 16.5. The van der Waals surface area contributed by atoms with Crippen molar-refractivity contribution < 1.29 is 52.7 Å². The summed E-state index contributed by atoms with van der Waals surface area (Å²) in [5, 5.41) is 35.5. The van der Waals surface area contributed by atoms with Gasteiger partial charge in [-0.25, -0.2) is 9.97 Å². The maximum absolute atomic E-state index is 11.2. The zero-order valence-corrected chi connectivity index (χ0v) is 24.3. The van der Waals surface area contributed by atoms with Crippen LogP contribution in [0.25, 0.3) is 11.0 Å². The minimum atomic E-state index is -4.05. The minimum absolute atomic E-state index is 0.425. The maximum atomic E-state index is 11.2. The van der Waals surface area contributed by atoms with Crippen molar-refractivity contribution in [1.82, 2.24) is 14.5 Å². The molecule has 15 nitrogen and oxygen atoms in total. The summed E-state index contributed by atoms with van der Waals surface area (Å²) >= 11 is 6.90. The summed E-state index contributed by atoms with van der Waals surface area (Å²) in [5.41, 5.74) is 1.51. The topological polar surface area (TPSA) is 207 Å². The van der Waals surface area contributed by atoms with Gasteiger partial charge in [-0.3, -0.25) is 4.52 Å². The van der Waals surface area contributed by atoms with E-state index in [-0.39, 0.29) is 0 Å². The number of anilines is 1. The number of halogens is 1. The predicted octanol–water partition coefficient (Wildman–Crippen LogP) is 0.214. The molecule has 2 fully saturated rings. The summed E-state index contributed by atoms with van der Waals surface area (Å²) < 4.78 is 39.0. The van der Waals surface area contributed by atoms with Gasteiger partial charge in [-0.1, -0.05) is 0 Å². The Kier molecular flexibility index (Phi) is 8.99. The van der Waals surface area contributed by atoms with Crippen molar-refractivity contribution in [2.24, 2.45) is 0 Å². The molecule has 0 saturated carbocycles. The Balaban J connectivity index is 1.29. The van der Waals surface area contributed by atoms with Gasteiger partial charge >= 0.3 is 15.0 Å². The van der Waals surface area contributed by atoms with Gasteiger partial charge in [-0.05, 0) is 52.8 Å². The lowest BCUT2D eigenvalue weighted by Gasteiger charge is -2.26. The van der Waals surface area contributed by atoms with Crippen molar-refractivity contribution in [3.8, 4) is 0 Å². The largest absolute Gasteiger partial charge is 0.695 e. The van der Waals surface area contributed by atoms with Crippen molar-refractivity contribution in [2.75, 3.05) is 25.1 Å². The van der Waals surface area contributed by atoms with Gasteiger partial charge in [-0.15, -0.1) is 9.42 Å². The van der Waals surface area contributed by atoms with Crippen molar-refractivity contribution >= 4 is 66.2 Å². The molecule has 210 valence electrons. The molecule has 2 unspecified atom stereocenters. The maximum Gasteiger partial charge on any atom is 0.695 e. The number of rotatable bonds is 9. The molecular formula is C19H26IN4O11P2S+. The number of aliphatic hydroxyl groups is 3. The number of nitrogens with one attached hydrogen (secondary N) is 1. The van der Waals surface area contributed by atoms with E-state index in [0.717, 1.165) is 30.3 Å². The van der Waals surface area contributed by atoms with E-state index >= 15 is 0 Å². The van der Waals surface area contributed by atoms with E-state index in [1.165, 1.54) is 6.33 Å². The number of nitrogens with zero attached hydrogens (tertiary/aromatic N) is 3. The third-order valence-electron chi connectivity index (χ3n) is 6.52. The molecule has 2 saturated heterocycles. The van der Waals surface area contributed by atoms with Crippen LogP contribution in [0.5, 0.6) is 0 Å². The molecule has 0 radical (unpaired) electrons. The highest BCUT2D eigenvalue weighted by Crippen LogP contribution is 2.50. The molecule has 5 heterocycles. The molecule has 0 amide bonds. The highest BCUT2D eigenvalue weighted by molar-refractivity contribution is 14.1. The number of aryl methyl sites for hydroxylation is 1. The van der Waals surface area contributed by atoms with Gasteiger partial charge in [0, 0.05) is 17.3 Å². The third-order valence-corrected chi connectivity index (χ3v) is 9.50. The van der Waals surface area contributed by atoms with E-state index in [4.69, 9.17) is 39.7 Å². The fraction of sp³-hybridized carbons (Fsp3) is 0.684. The minimum Gasteiger partial charge on any atom is -0.394 e. The van der Waals surface area contributed by atoms with E-state index in [9.17, 15) is 24.8 Å². The second kappa shape index (κ2) is 11.8. The third kappa shape index (κ3) is 5.78. The Hall–Kier alpha value is -0.500. The molecule has 0 spiro atoms. The number of hydrogen-bond acceptors (Lipinski definition) is 13. The Morgan fingerprint density at radius 2 is 2.05 bits per heavy atom. The summed E-state index contributed by atoms with van der Waals surface area (Å²) in [5.74, 6) is 0.683. The number of alkyl halides is 1. The predicted molar refractivity (Wildman–Crippen MR) is 142 cm³/mol. The van der Waals surface area contributed by atoms with Crippen LogP contribution in [-0.4, -0.2) is 100 Å². The van der Waals surface area contributed by atoms with E-state index in [2.05, 4.69) is 15.3 Å². The molecule has 5 rings (SSSR count). The van der Waals surface area contributed by atoms with Crippen LogP contribution < -0.4 is 5.32 Å². The summed E-state index contributed by atoms with van der Waals surface area (Å²) in [6.45, 7) is -4.25. The quantitative estimate of drug-likeness (QED) is 0.117. The lowest BCUT2D eigenvalue weighted by atomic mass is 10.1. The molecule has 0 aliphatic carbocycles. The Morgan fingerprint density at radius 3 is 2.79 bits per heavy atom. The monoisotopic (exact) mass is 707 g/mol. The summed E-state index contributed by atoms with van der Waals surface area (Å²) in [7, 11) is -2.97. The van der Waals surface area contributed by atoms with E-state index in [1.807, 2.05) is 6.20 Å². The van der Waals surface area contributed by atoms with E-state index in [0.29, 0.717) is 11.5 Å². The smallest absolute Gasteiger partial charge is 0.394 e. The van der Waals surface area contributed by atoms with Gasteiger partial charge in [0.15, 0.2) is 12.3 Å². The normalized spacial score (nSPS) is 35.2. The molecule has 3 aliphatic rings. The molecule has 0 aromatic carbocycles. The molecular weight excluding hydrogens is 681 g/mol. The van der Waals surface area contributed by atoms with Gasteiger partial charge in [-0.2, -0.15) is 0 Å². The molecule has 0 bridgehead atoms. The second-order valence-electron chi connectivity index (χ2n) is 8.91. The van der Waals surface area contributed by atoms with Gasteiger partial charge in [0.1, 0.15) is 52.4 Å². The molecule has 19 heteroatoms. The van der Waals surface area contributed by atoms with Gasteiger partial charge in [0.2, 0.25) is 0 Å². The number of aliphatic hydroxyl groups excluding tert-OH is 3. The van der Waals surface area contributed by atoms with Crippen LogP contribution >= 0.6 is 37.6 Å². The average molecular weight is 707 g/mol. The van der Waals surface area contributed by atoms with Crippen molar-refractivity contribution in [1.29, 1.82) is 0 Å². The van der Waals surface area contributed by atoms with E-state index < -0.39 is 75.1 Å². The fourth-order valence-corrected chi connectivity index (χ4v) is 7.86. The zero-order chi connectivity index (χ0) is 27.2. The van der Waals surface area contributed by atoms with Gasteiger partial charge in [0.25, 0.3) is 0 Å². The van der Waals surface area contributed by atoms with Crippen LogP contribution in [0.1, 0.15) is 18.2 Å². The Morgan fingerprint density at radius 1 is 1.26 bits per heavy atom. The SMILES string of the molecule is O=[P+](O)O[C@@H]1[C@H](O)[C@@H](COP(O)(=S)O[C@H]2[C@@H](O)[C@H](n3cc4c5c(ncnc53)NCCC4)O[C@@H]2CO)O[C@H]1I. The first-order chi connectivity index (χ1) is 18.1. The van der Waals surface area contributed by atoms with Crippen molar-refractivity contribution in [3.63, 3.8) is 0 Å². The Bertz CT molecular complexity index is 1240. The molecule has 2 aromatic rings. The molecule has 3 aliphatic heterocycles. The lowest BCUT2D eigenvalue weighted by Crippen LogP contribution is -2.36. The van der Waals surface area contributed by atoms with Gasteiger partial charge in [0.05, 0.1) is 18.6 Å². The highest BCUT2D eigenvalue weighted by atomic mass is 127. The van der Waals surface area contributed by atoms with Crippen molar-refractivity contribution in [3.05, 3.63) is 18.1 Å². The first-order valence-electron chi connectivity index (χ1n) is 11.6. The highest BCUT2D eigenvalue weighted by Gasteiger charge is 2.50. The fourth-order valence-electron chi connectivity index (χ4n) is 4.79. The number of hydrogen-bond donors (Lipinski definition) is 6. The molecule has 38 heavy (non-hydrogen) atoms. The first kappa shape index (κ1) is 29.0. The molecule has 6 N–H and O–H groups in total. The summed E-state index contributed by atoms with van der Waals surface area (Å²) in [6.07, 6.45) is -3.27. The average Bonchev–Trinajstić information content (AvgIpc) is 3.40. The summed E-state index contributed by atoms with van der Waals surface area (Å²) in [4.78, 5) is 28.4. The van der Waals surface area contributed by atoms with Crippen LogP contribution in [-0.2, 0) is 45.8 Å². The molecule has 10 atom stereocenters. The van der Waals surface area contributed by atoms with Gasteiger partial charge < -0.3 is 44.1 Å². The lowest BCUT2D eigenvalue weighted by molar-refractivity contribution is -0.0509. The van der Waals surface area contributed by atoms with Crippen LogP contribution in [0.2, 0.25) is 0 Å². The van der Waals surface area contributed by atoms with Crippen LogP contribution in [0.3, 0.4) is 0 Å². The zero-order valence-electron chi connectivity index (χ0n) is 19.5. The Labute approximate surface area is 235 Å². The second-order valence-corrected chi connectivity index (χ2v) is 13.6. The summed E-state index contributed by atoms with van der Waals surface area (Å²) in [6, 6.07) is 0. The van der Waals surface area contributed by atoms with Crippen LogP contribution in [0.4, 0.5) is 5.82 Å². The van der Waals surface area contributed by atoms with Crippen molar-refractivity contribution in [2.45, 2.75) is 59.8 Å². The molecule has 2 aromatic heterocycles. The van der Waals surface area contributed by atoms with E-state index in [1.54, 1.807) is 27.2 Å². The van der Waals surface area contributed by atoms with Crippen LogP contribution in [0, 0.1) is 0 Å². The number of aromatic nitrogens is 3. The standard InChI is InChI=1S/C19H25IN4O11P2S/c20-16-15(34-36(28)29)12(26)10(32-16)6-31-37(30,38)35-14-9(5-25)33-19(13(14)27)24-4-8-2-1-3-21-17-11(8)18(24)23-7-22-17/h4,7,9-10,12-16,19,25-27H,1-3,5-6H2,(H2-,21,22,23,28,29,30,38)/p+1/t9-,10-,12-,13-,14-,15-,16-,19-,37?/m1/s1.